The molecule has 2 aliphatic rings. The molecule has 3 nitrogen and oxygen atoms in total. The molecule has 1 aliphatic heterocycles. The van der Waals surface area contributed by atoms with Gasteiger partial charge in [0.05, 0.1) is 17.1 Å². The van der Waals surface area contributed by atoms with E-state index in [1.807, 2.05) is 0 Å². The van der Waals surface area contributed by atoms with Crippen LogP contribution in [0.1, 0.15) is 58.3 Å². The standard InChI is InChI=1S/C15H29NO2S/c1-2-16-14-9-5-3-4-6-10-15(14)19(17)12-13-8-7-11-18-13/h13-16H,2-12H2,1H3. The zero-order valence-corrected chi connectivity index (χ0v) is 13.1. The molecular weight excluding hydrogens is 258 g/mol. The highest BCUT2D eigenvalue weighted by Crippen LogP contribution is 2.24. The van der Waals surface area contributed by atoms with E-state index < -0.39 is 10.8 Å². The van der Waals surface area contributed by atoms with Crippen molar-refractivity contribution in [2.45, 2.75) is 75.7 Å². The van der Waals surface area contributed by atoms with Crippen molar-refractivity contribution in [1.29, 1.82) is 0 Å². The zero-order chi connectivity index (χ0) is 13.5. The smallest absolute Gasteiger partial charge is 0.0691 e. The second-order valence-corrected chi connectivity index (χ2v) is 7.58. The third-order valence-corrected chi connectivity index (χ3v) is 6.32. The molecule has 19 heavy (non-hydrogen) atoms. The third kappa shape index (κ3) is 4.83. The Morgan fingerprint density at radius 3 is 2.58 bits per heavy atom. The number of nitrogens with one attached hydrogen (secondary N) is 1. The lowest BCUT2D eigenvalue weighted by molar-refractivity contribution is 0.128. The van der Waals surface area contributed by atoms with E-state index in [2.05, 4.69) is 12.2 Å². The highest BCUT2D eigenvalue weighted by atomic mass is 32.2. The molecular formula is C15H29NO2S. The normalized spacial score (nSPS) is 34.7. The van der Waals surface area contributed by atoms with Gasteiger partial charge in [-0.15, -0.1) is 0 Å². The van der Waals surface area contributed by atoms with Crippen LogP contribution >= 0.6 is 0 Å². The van der Waals surface area contributed by atoms with Crippen LogP contribution in [-0.2, 0) is 15.5 Å². The van der Waals surface area contributed by atoms with Crippen LogP contribution in [0, 0.1) is 0 Å². The summed E-state index contributed by atoms with van der Waals surface area (Å²) in [6.45, 7) is 4.00. The highest BCUT2D eigenvalue weighted by molar-refractivity contribution is 7.85. The maximum atomic E-state index is 12.7. The maximum absolute atomic E-state index is 12.7. The highest BCUT2D eigenvalue weighted by Gasteiger charge is 2.29. The van der Waals surface area contributed by atoms with E-state index >= 15 is 0 Å². The molecule has 1 saturated heterocycles. The molecule has 0 bridgehead atoms. The first-order valence-electron chi connectivity index (χ1n) is 8.03. The Hall–Kier alpha value is 0.0700. The van der Waals surface area contributed by atoms with Gasteiger partial charge in [0, 0.05) is 23.4 Å². The zero-order valence-electron chi connectivity index (χ0n) is 12.2. The SMILES string of the molecule is CCNC1CCCCCCC1S(=O)CC1CCCO1. The van der Waals surface area contributed by atoms with Crippen molar-refractivity contribution in [3.63, 3.8) is 0 Å². The van der Waals surface area contributed by atoms with Crippen molar-refractivity contribution in [3.8, 4) is 0 Å². The van der Waals surface area contributed by atoms with Crippen LogP contribution in [0.3, 0.4) is 0 Å². The van der Waals surface area contributed by atoms with Gasteiger partial charge < -0.3 is 10.1 Å². The van der Waals surface area contributed by atoms with Gasteiger partial charge in [-0.05, 0) is 32.2 Å². The Balaban J connectivity index is 1.92. The van der Waals surface area contributed by atoms with Crippen LogP contribution in [-0.4, -0.2) is 40.5 Å². The molecule has 1 aliphatic carbocycles. The first-order valence-corrected chi connectivity index (χ1v) is 9.41. The summed E-state index contributed by atoms with van der Waals surface area (Å²) in [5, 5.41) is 3.91. The molecule has 1 N–H and O–H groups in total. The van der Waals surface area contributed by atoms with E-state index in [0.29, 0.717) is 11.3 Å². The van der Waals surface area contributed by atoms with E-state index in [1.165, 1.54) is 32.1 Å². The van der Waals surface area contributed by atoms with E-state index in [1.54, 1.807) is 0 Å². The lowest BCUT2D eigenvalue weighted by Crippen LogP contribution is -2.44. The summed E-state index contributed by atoms with van der Waals surface area (Å²) in [6, 6.07) is 0.451. The van der Waals surface area contributed by atoms with Crippen LogP contribution in [0.15, 0.2) is 0 Å². The van der Waals surface area contributed by atoms with Crippen molar-refractivity contribution in [1.82, 2.24) is 5.32 Å². The Labute approximate surface area is 120 Å². The van der Waals surface area contributed by atoms with Gasteiger partial charge in [-0.25, -0.2) is 0 Å². The lowest BCUT2D eigenvalue weighted by atomic mass is 9.96. The summed E-state index contributed by atoms with van der Waals surface area (Å²) in [4.78, 5) is 0. The molecule has 0 aromatic heterocycles. The largest absolute Gasteiger partial charge is 0.377 e. The molecule has 4 heteroatoms. The summed E-state index contributed by atoms with van der Waals surface area (Å²) in [7, 11) is -0.734. The predicted molar refractivity (Wildman–Crippen MR) is 80.9 cm³/mol. The van der Waals surface area contributed by atoms with Crippen molar-refractivity contribution in [2.24, 2.45) is 0 Å². The number of hydrogen-bond acceptors (Lipinski definition) is 3. The minimum Gasteiger partial charge on any atom is -0.377 e. The Kier molecular flexibility index (Phi) is 6.82. The number of hydrogen-bond donors (Lipinski definition) is 1. The number of rotatable bonds is 5. The molecule has 1 saturated carbocycles. The Bertz CT molecular complexity index is 279. The van der Waals surface area contributed by atoms with Gasteiger partial charge >= 0.3 is 0 Å². The Morgan fingerprint density at radius 2 is 1.89 bits per heavy atom. The van der Waals surface area contributed by atoms with Crippen molar-refractivity contribution < 1.29 is 8.95 Å². The van der Waals surface area contributed by atoms with Gasteiger partial charge in [0.25, 0.3) is 0 Å². The molecule has 0 aromatic rings. The van der Waals surface area contributed by atoms with Crippen LogP contribution in [0.5, 0.6) is 0 Å². The first kappa shape index (κ1) is 15.5. The molecule has 0 radical (unpaired) electrons. The van der Waals surface area contributed by atoms with E-state index in [-0.39, 0.29) is 6.10 Å². The molecule has 4 unspecified atom stereocenters. The average molecular weight is 287 g/mol. The molecule has 2 fully saturated rings. The summed E-state index contributed by atoms with van der Waals surface area (Å²) in [5.74, 6) is 0.757. The van der Waals surface area contributed by atoms with Gasteiger partial charge in [0.2, 0.25) is 0 Å². The lowest BCUT2D eigenvalue weighted by Gasteiger charge is -2.30. The van der Waals surface area contributed by atoms with Crippen molar-refractivity contribution >= 4 is 10.8 Å². The quantitative estimate of drug-likeness (QED) is 0.845. The van der Waals surface area contributed by atoms with Gasteiger partial charge in [-0.1, -0.05) is 32.6 Å². The average Bonchev–Trinajstić information content (AvgIpc) is 2.85. The number of ether oxygens (including phenoxy) is 1. The van der Waals surface area contributed by atoms with Crippen molar-refractivity contribution in [3.05, 3.63) is 0 Å². The molecule has 4 atom stereocenters. The van der Waals surface area contributed by atoms with E-state index in [9.17, 15) is 4.21 Å². The summed E-state index contributed by atoms with van der Waals surface area (Å²) >= 11 is 0. The second kappa shape index (κ2) is 8.38. The minimum atomic E-state index is -0.734. The van der Waals surface area contributed by atoms with E-state index in [0.717, 1.165) is 38.2 Å². The first-order chi connectivity index (χ1) is 9.31. The third-order valence-electron chi connectivity index (χ3n) is 4.38. The topological polar surface area (TPSA) is 38.3 Å². The van der Waals surface area contributed by atoms with Gasteiger partial charge in [-0.2, -0.15) is 0 Å². The maximum Gasteiger partial charge on any atom is 0.0691 e. The molecule has 2 rings (SSSR count). The van der Waals surface area contributed by atoms with E-state index in [4.69, 9.17) is 4.74 Å². The van der Waals surface area contributed by atoms with Crippen LogP contribution in [0.2, 0.25) is 0 Å². The molecule has 112 valence electrons. The van der Waals surface area contributed by atoms with Crippen LogP contribution < -0.4 is 5.32 Å². The fourth-order valence-corrected chi connectivity index (χ4v) is 5.25. The van der Waals surface area contributed by atoms with Crippen LogP contribution in [0.25, 0.3) is 0 Å². The van der Waals surface area contributed by atoms with Gasteiger partial charge in [0.15, 0.2) is 0 Å². The molecule has 0 aromatic carbocycles. The Morgan fingerprint density at radius 1 is 1.11 bits per heavy atom. The molecule has 1 heterocycles. The van der Waals surface area contributed by atoms with Gasteiger partial charge in [-0.3, -0.25) is 4.21 Å². The monoisotopic (exact) mass is 287 g/mol. The summed E-state index contributed by atoms with van der Waals surface area (Å²) in [6.07, 6.45) is 9.99. The fraction of sp³-hybridized carbons (Fsp3) is 1.00. The predicted octanol–water partition coefficient (Wildman–Crippen LogP) is 2.62. The van der Waals surface area contributed by atoms with Crippen molar-refractivity contribution in [2.75, 3.05) is 18.9 Å². The molecule has 0 spiro atoms. The molecule has 0 amide bonds. The fourth-order valence-electron chi connectivity index (χ4n) is 3.34. The minimum absolute atomic E-state index is 0.258. The second-order valence-electron chi connectivity index (χ2n) is 5.88. The van der Waals surface area contributed by atoms with Gasteiger partial charge in [0.1, 0.15) is 0 Å². The summed E-state index contributed by atoms with van der Waals surface area (Å²) < 4.78 is 18.3. The van der Waals surface area contributed by atoms with Crippen LogP contribution in [0.4, 0.5) is 0 Å². The summed E-state index contributed by atoms with van der Waals surface area (Å²) in [5.41, 5.74) is 0.